The van der Waals surface area contributed by atoms with E-state index in [9.17, 15) is 0 Å². The van der Waals surface area contributed by atoms with E-state index in [-0.39, 0.29) is 5.92 Å². The lowest BCUT2D eigenvalue weighted by molar-refractivity contribution is 0.428. The maximum atomic E-state index is 8.92. The molecular formula is C18H15NO2. The molecule has 1 aromatic carbocycles. The van der Waals surface area contributed by atoms with Crippen molar-refractivity contribution in [2.75, 3.05) is 0 Å². The van der Waals surface area contributed by atoms with Gasteiger partial charge in [0, 0.05) is 0 Å². The Morgan fingerprint density at radius 3 is 1.71 bits per heavy atom. The third-order valence-electron chi connectivity index (χ3n) is 3.46. The number of furan rings is 2. The highest BCUT2D eigenvalue weighted by molar-refractivity contribution is 5.40. The summed E-state index contributed by atoms with van der Waals surface area (Å²) < 4.78 is 11.6. The van der Waals surface area contributed by atoms with Gasteiger partial charge in [0.15, 0.2) is 0 Å². The van der Waals surface area contributed by atoms with Crippen LogP contribution < -0.4 is 0 Å². The predicted octanol–water partition coefficient (Wildman–Crippen LogP) is 4.54. The van der Waals surface area contributed by atoms with Gasteiger partial charge in [0.05, 0.1) is 11.6 Å². The Morgan fingerprint density at radius 2 is 1.33 bits per heavy atom. The van der Waals surface area contributed by atoms with Gasteiger partial charge in [-0.3, -0.25) is 0 Å². The first-order chi connectivity index (χ1) is 10.2. The van der Waals surface area contributed by atoms with Crippen molar-refractivity contribution in [2.45, 2.75) is 19.8 Å². The molecule has 0 saturated carbocycles. The highest BCUT2D eigenvalue weighted by Gasteiger charge is 2.23. The first-order valence-corrected chi connectivity index (χ1v) is 6.80. The molecule has 0 N–H and O–H groups in total. The van der Waals surface area contributed by atoms with Crippen molar-refractivity contribution in [1.82, 2.24) is 0 Å². The molecule has 2 heterocycles. The van der Waals surface area contributed by atoms with Gasteiger partial charge in [-0.05, 0) is 55.8 Å². The van der Waals surface area contributed by atoms with Gasteiger partial charge in [0.25, 0.3) is 0 Å². The molecule has 0 radical (unpaired) electrons. The average molecular weight is 277 g/mol. The van der Waals surface area contributed by atoms with Crippen LogP contribution in [0.15, 0.2) is 57.4 Å². The van der Waals surface area contributed by atoms with E-state index >= 15 is 0 Å². The fraction of sp³-hybridized carbons (Fsp3) is 0.167. The van der Waals surface area contributed by atoms with Crippen LogP contribution in [-0.4, -0.2) is 0 Å². The fourth-order valence-corrected chi connectivity index (χ4v) is 2.44. The lowest BCUT2D eigenvalue weighted by Crippen LogP contribution is -2.01. The monoisotopic (exact) mass is 277 g/mol. The summed E-state index contributed by atoms with van der Waals surface area (Å²) in [4.78, 5) is 0. The number of aryl methyl sites for hydroxylation is 2. The SMILES string of the molecule is Cc1ccc(C(c2ccc(C#N)cc2)c2ccc(C)o2)o1. The Bertz CT molecular complexity index is 747. The normalized spacial score (nSPS) is 10.8. The maximum absolute atomic E-state index is 8.92. The maximum Gasteiger partial charge on any atom is 0.119 e. The molecule has 0 fully saturated rings. The van der Waals surface area contributed by atoms with Gasteiger partial charge in [0.1, 0.15) is 29.0 Å². The second kappa shape index (κ2) is 5.34. The van der Waals surface area contributed by atoms with Crippen LogP contribution >= 0.6 is 0 Å². The summed E-state index contributed by atoms with van der Waals surface area (Å²) in [5, 5.41) is 8.92. The molecule has 0 aliphatic carbocycles. The Kier molecular flexibility index (Phi) is 3.37. The van der Waals surface area contributed by atoms with Crippen molar-refractivity contribution in [3.63, 3.8) is 0 Å². The highest BCUT2D eigenvalue weighted by atomic mass is 16.4. The van der Waals surface area contributed by atoms with Crippen molar-refractivity contribution in [2.24, 2.45) is 0 Å². The standard InChI is InChI=1S/C18H15NO2/c1-12-3-9-16(20-12)18(17-10-4-13(2)21-17)15-7-5-14(11-19)6-8-15/h3-10,18H,1-2H3. The summed E-state index contributed by atoms with van der Waals surface area (Å²) in [6, 6.07) is 17.5. The van der Waals surface area contributed by atoms with Gasteiger partial charge < -0.3 is 8.83 Å². The third-order valence-corrected chi connectivity index (χ3v) is 3.46. The van der Waals surface area contributed by atoms with Crippen LogP contribution in [0.1, 0.15) is 40.1 Å². The van der Waals surface area contributed by atoms with E-state index in [1.165, 1.54) is 0 Å². The van der Waals surface area contributed by atoms with Crippen LogP contribution in [0.3, 0.4) is 0 Å². The van der Waals surface area contributed by atoms with E-state index < -0.39 is 0 Å². The molecule has 0 aliphatic rings. The predicted molar refractivity (Wildman–Crippen MR) is 79.0 cm³/mol. The first kappa shape index (κ1) is 13.3. The van der Waals surface area contributed by atoms with Crippen LogP contribution in [0.5, 0.6) is 0 Å². The Balaban J connectivity index is 2.09. The molecular weight excluding hydrogens is 262 g/mol. The van der Waals surface area contributed by atoms with E-state index in [0.717, 1.165) is 28.6 Å². The Hall–Kier alpha value is -2.73. The molecule has 2 aromatic heterocycles. The molecule has 0 atom stereocenters. The smallest absolute Gasteiger partial charge is 0.119 e. The largest absolute Gasteiger partial charge is 0.465 e. The zero-order valence-corrected chi connectivity index (χ0v) is 12.0. The summed E-state index contributed by atoms with van der Waals surface area (Å²) in [5.41, 5.74) is 1.68. The van der Waals surface area contributed by atoms with Gasteiger partial charge in [-0.1, -0.05) is 12.1 Å². The minimum Gasteiger partial charge on any atom is -0.465 e. The molecule has 0 bridgehead atoms. The minimum absolute atomic E-state index is 0.0971. The Labute approximate surface area is 123 Å². The summed E-state index contributed by atoms with van der Waals surface area (Å²) in [7, 11) is 0. The molecule has 104 valence electrons. The van der Waals surface area contributed by atoms with E-state index in [0.29, 0.717) is 5.56 Å². The summed E-state index contributed by atoms with van der Waals surface area (Å²) >= 11 is 0. The molecule has 21 heavy (non-hydrogen) atoms. The second-order valence-electron chi connectivity index (χ2n) is 5.06. The molecule has 0 aliphatic heterocycles. The number of hydrogen-bond donors (Lipinski definition) is 0. The number of benzene rings is 1. The second-order valence-corrected chi connectivity index (χ2v) is 5.06. The summed E-state index contributed by atoms with van der Waals surface area (Å²) in [6.45, 7) is 3.85. The quantitative estimate of drug-likeness (QED) is 0.706. The van der Waals surface area contributed by atoms with E-state index in [2.05, 4.69) is 6.07 Å². The lowest BCUT2D eigenvalue weighted by Gasteiger charge is -2.13. The fourth-order valence-electron chi connectivity index (χ4n) is 2.44. The van der Waals surface area contributed by atoms with Crippen molar-refractivity contribution >= 4 is 0 Å². The summed E-state index contributed by atoms with van der Waals surface area (Å²) in [5.74, 6) is 3.32. The third kappa shape index (κ3) is 2.61. The van der Waals surface area contributed by atoms with Crippen molar-refractivity contribution < 1.29 is 8.83 Å². The van der Waals surface area contributed by atoms with Gasteiger partial charge in [-0.15, -0.1) is 0 Å². The van der Waals surface area contributed by atoms with Crippen LogP contribution in [0.2, 0.25) is 0 Å². The van der Waals surface area contributed by atoms with Gasteiger partial charge in [-0.2, -0.15) is 5.26 Å². The lowest BCUT2D eigenvalue weighted by atomic mass is 9.93. The molecule has 0 saturated heterocycles. The molecule has 3 aromatic rings. The first-order valence-electron chi connectivity index (χ1n) is 6.80. The number of rotatable bonds is 3. The highest BCUT2D eigenvalue weighted by Crippen LogP contribution is 2.34. The topological polar surface area (TPSA) is 50.1 Å². The number of nitrogens with zero attached hydrogens (tertiary/aromatic N) is 1. The summed E-state index contributed by atoms with van der Waals surface area (Å²) in [6.07, 6.45) is 0. The van der Waals surface area contributed by atoms with Gasteiger partial charge in [-0.25, -0.2) is 0 Å². The molecule has 0 spiro atoms. The van der Waals surface area contributed by atoms with Crippen LogP contribution in [0, 0.1) is 25.2 Å². The van der Waals surface area contributed by atoms with Crippen LogP contribution in [0.25, 0.3) is 0 Å². The Morgan fingerprint density at radius 1 is 0.810 bits per heavy atom. The number of hydrogen-bond acceptors (Lipinski definition) is 3. The number of nitriles is 1. The van der Waals surface area contributed by atoms with E-state index in [1.807, 2.05) is 62.4 Å². The minimum atomic E-state index is -0.0971. The van der Waals surface area contributed by atoms with Crippen molar-refractivity contribution in [3.8, 4) is 6.07 Å². The molecule has 3 heteroatoms. The average Bonchev–Trinajstić information content (AvgIpc) is 3.10. The molecule has 3 nitrogen and oxygen atoms in total. The molecule has 0 unspecified atom stereocenters. The molecule has 0 amide bonds. The van der Waals surface area contributed by atoms with Gasteiger partial charge >= 0.3 is 0 Å². The van der Waals surface area contributed by atoms with Crippen molar-refractivity contribution in [3.05, 3.63) is 82.7 Å². The molecule has 3 rings (SSSR count). The zero-order chi connectivity index (χ0) is 14.8. The zero-order valence-electron chi connectivity index (χ0n) is 12.0. The van der Waals surface area contributed by atoms with E-state index in [4.69, 9.17) is 14.1 Å². The van der Waals surface area contributed by atoms with Crippen LogP contribution in [-0.2, 0) is 0 Å². The van der Waals surface area contributed by atoms with Crippen molar-refractivity contribution in [1.29, 1.82) is 5.26 Å². The van der Waals surface area contributed by atoms with Gasteiger partial charge in [0.2, 0.25) is 0 Å². The van der Waals surface area contributed by atoms with Crippen LogP contribution in [0.4, 0.5) is 0 Å². The van der Waals surface area contributed by atoms with E-state index in [1.54, 1.807) is 0 Å².